The van der Waals surface area contributed by atoms with Crippen LogP contribution in [0.2, 0.25) is 0 Å². The summed E-state index contributed by atoms with van der Waals surface area (Å²) in [6, 6.07) is 7.40. The molecule has 0 bridgehead atoms. The van der Waals surface area contributed by atoms with Crippen molar-refractivity contribution < 1.29 is 23.0 Å². The number of anilines is 1. The van der Waals surface area contributed by atoms with E-state index in [0.29, 0.717) is 25.9 Å². The summed E-state index contributed by atoms with van der Waals surface area (Å²) < 4.78 is 41.8. The number of rotatable bonds is 4. The molecule has 0 radical (unpaired) electrons. The number of benzene rings is 1. The molecule has 0 aliphatic carbocycles. The maximum absolute atomic E-state index is 12.6. The van der Waals surface area contributed by atoms with Gasteiger partial charge in [-0.25, -0.2) is 4.98 Å². The quantitative estimate of drug-likeness (QED) is 0.823. The van der Waals surface area contributed by atoms with Crippen LogP contribution < -0.4 is 15.2 Å². The number of aromatic amines is 1. The zero-order chi connectivity index (χ0) is 20.3. The average molecular weight is 394 g/mol. The standard InChI is InChI=1S/C18H17F3N4O3/c19-18(20,21)28-14-4-2-1-3-11(14)9-15-23-16(13(10-22)17(27)24-15)25-7-5-12(26)6-8-25/h1-4,12,26H,5-9H2,(H,23,24,27). The molecule has 2 aromatic rings. The van der Waals surface area contributed by atoms with Crippen molar-refractivity contribution in [1.82, 2.24) is 9.97 Å². The monoisotopic (exact) mass is 394 g/mol. The molecule has 0 spiro atoms. The van der Waals surface area contributed by atoms with Gasteiger partial charge in [0.1, 0.15) is 17.6 Å². The molecule has 1 aromatic heterocycles. The number of halogens is 3. The number of nitrogens with zero attached hydrogens (tertiary/aromatic N) is 3. The van der Waals surface area contributed by atoms with Crippen molar-refractivity contribution in [1.29, 1.82) is 5.26 Å². The first-order valence-electron chi connectivity index (χ1n) is 8.57. The average Bonchev–Trinajstić information content (AvgIpc) is 2.62. The lowest BCUT2D eigenvalue weighted by Gasteiger charge is -2.31. The van der Waals surface area contributed by atoms with Gasteiger partial charge in [-0.1, -0.05) is 18.2 Å². The number of para-hydroxylation sites is 1. The highest BCUT2D eigenvalue weighted by Crippen LogP contribution is 2.28. The molecular formula is C18H17F3N4O3. The van der Waals surface area contributed by atoms with E-state index in [0.717, 1.165) is 0 Å². The first-order chi connectivity index (χ1) is 13.3. The maximum atomic E-state index is 12.6. The minimum atomic E-state index is -4.85. The molecule has 148 valence electrons. The Morgan fingerprint density at radius 2 is 2.00 bits per heavy atom. The van der Waals surface area contributed by atoms with Crippen LogP contribution >= 0.6 is 0 Å². The van der Waals surface area contributed by atoms with Gasteiger partial charge in [0.25, 0.3) is 5.56 Å². The third-order valence-corrected chi connectivity index (χ3v) is 4.38. The van der Waals surface area contributed by atoms with E-state index in [4.69, 9.17) is 0 Å². The van der Waals surface area contributed by atoms with Crippen LogP contribution in [0.1, 0.15) is 29.8 Å². The first kappa shape index (κ1) is 19.7. The van der Waals surface area contributed by atoms with Crippen LogP contribution in [0.4, 0.5) is 19.0 Å². The predicted octanol–water partition coefficient (Wildman–Crippen LogP) is 2.09. The largest absolute Gasteiger partial charge is 0.573 e. The lowest BCUT2D eigenvalue weighted by Crippen LogP contribution is -2.38. The molecule has 7 nitrogen and oxygen atoms in total. The van der Waals surface area contributed by atoms with Crippen molar-refractivity contribution in [2.24, 2.45) is 0 Å². The van der Waals surface area contributed by atoms with Crippen molar-refractivity contribution in [2.45, 2.75) is 31.7 Å². The van der Waals surface area contributed by atoms with Gasteiger partial charge < -0.3 is 19.7 Å². The van der Waals surface area contributed by atoms with Crippen LogP contribution in [-0.2, 0) is 6.42 Å². The molecule has 1 saturated heterocycles. The number of alkyl halides is 3. The van der Waals surface area contributed by atoms with Crippen molar-refractivity contribution >= 4 is 5.82 Å². The number of piperidine rings is 1. The highest BCUT2D eigenvalue weighted by atomic mass is 19.4. The van der Waals surface area contributed by atoms with Gasteiger partial charge in [0.2, 0.25) is 0 Å². The van der Waals surface area contributed by atoms with E-state index >= 15 is 0 Å². The first-order valence-corrected chi connectivity index (χ1v) is 8.57. The van der Waals surface area contributed by atoms with Gasteiger partial charge in [0.05, 0.1) is 6.10 Å². The normalized spacial score (nSPS) is 15.3. The molecule has 1 aromatic carbocycles. The Labute approximate surface area is 158 Å². The Morgan fingerprint density at radius 1 is 1.32 bits per heavy atom. The number of nitriles is 1. The fraction of sp³-hybridized carbons (Fsp3) is 0.389. The second-order valence-corrected chi connectivity index (χ2v) is 6.37. The molecule has 2 heterocycles. The third-order valence-electron chi connectivity index (χ3n) is 4.38. The fourth-order valence-electron chi connectivity index (χ4n) is 3.05. The van der Waals surface area contributed by atoms with E-state index in [-0.39, 0.29) is 34.9 Å². The van der Waals surface area contributed by atoms with Gasteiger partial charge in [-0.2, -0.15) is 5.26 Å². The van der Waals surface area contributed by atoms with E-state index in [2.05, 4.69) is 14.7 Å². The zero-order valence-electron chi connectivity index (χ0n) is 14.7. The van der Waals surface area contributed by atoms with Crippen LogP contribution in [0, 0.1) is 11.3 Å². The van der Waals surface area contributed by atoms with E-state index in [1.165, 1.54) is 18.2 Å². The minimum Gasteiger partial charge on any atom is -0.405 e. The van der Waals surface area contributed by atoms with Crippen molar-refractivity contribution in [3.05, 3.63) is 51.6 Å². The molecule has 10 heteroatoms. The summed E-state index contributed by atoms with van der Waals surface area (Å²) in [4.78, 5) is 20.8. The maximum Gasteiger partial charge on any atom is 0.573 e. The molecule has 3 rings (SSSR count). The molecule has 1 fully saturated rings. The Bertz CT molecular complexity index is 944. The van der Waals surface area contributed by atoms with Gasteiger partial charge in [-0.3, -0.25) is 4.79 Å². The fourth-order valence-corrected chi connectivity index (χ4v) is 3.05. The number of aliphatic hydroxyl groups is 1. The number of ether oxygens (including phenoxy) is 1. The summed E-state index contributed by atoms with van der Waals surface area (Å²) in [5, 5.41) is 18.9. The summed E-state index contributed by atoms with van der Waals surface area (Å²) in [6.07, 6.45) is -4.47. The van der Waals surface area contributed by atoms with Crippen molar-refractivity contribution in [3.63, 3.8) is 0 Å². The second-order valence-electron chi connectivity index (χ2n) is 6.37. The van der Waals surface area contributed by atoms with E-state index in [1.54, 1.807) is 11.0 Å². The molecule has 0 unspecified atom stereocenters. The number of aliphatic hydroxyl groups excluding tert-OH is 1. The predicted molar refractivity (Wildman–Crippen MR) is 93.0 cm³/mol. The molecule has 0 atom stereocenters. The van der Waals surface area contributed by atoms with Crippen LogP contribution in [0.15, 0.2) is 29.1 Å². The summed E-state index contributed by atoms with van der Waals surface area (Å²) in [5.41, 5.74) is -0.643. The van der Waals surface area contributed by atoms with Crippen LogP contribution in [0.25, 0.3) is 0 Å². The topological polar surface area (TPSA) is 102 Å². The number of nitrogens with one attached hydrogen (secondary N) is 1. The smallest absolute Gasteiger partial charge is 0.405 e. The SMILES string of the molecule is N#Cc1c(N2CCC(O)CC2)nc(Cc2ccccc2OC(F)(F)F)[nH]c1=O. The van der Waals surface area contributed by atoms with Crippen LogP contribution in [-0.4, -0.2) is 40.6 Å². The lowest BCUT2D eigenvalue weighted by atomic mass is 10.1. The molecule has 1 aliphatic rings. The minimum absolute atomic E-state index is 0.114. The summed E-state index contributed by atoms with van der Waals surface area (Å²) >= 11 is 0. The molecule has 2 N–H and O–H groups in total. The van der Waals surface area contributed by atoms with Gasteiger partial charge in [0, 0.05) is 25.1 Å². The summed E-state index contributed by atoms with van der Waals surface area (Å²) in [5.74, 6) is -0.102. The van der Waals surface area contributed by atoms with Crippen molar-refractivity contribution in [2.75, 3.05) is 18.0 Å². The Balaban J connectivity index is 1.94. The lowest BCUT2D eigenvalue weighted by molar-refractivity contribution is -0.274. The van der Waals surface area contributed by atoms with E-state index < -0.39 is 18.0 Å². The van der Waals surface area contributed by atoms with Gasteiger partial charge in [-0.05, 0) is 18.9 Å². The number of hydrogen-bond acceptors (Lipinski definition) is 6. The van der Waals surface area contributed by atoms with Crippen LogP contribution in [0.3, 0.4) is 0 Å². The Morgan fingerprint density at radius 3 is 2.64 bits per heavy atom. The highest BCUT2D eigenvalue weighted by molar-refractivity contribution is 5.53. The molecule has 28 heavy (non-hydrogen) atoms. The number of H-pyrrole nitrogens is 1. The van der Waals surface area contributed by atoms with Gasteiger partial charge in [-0.15, -0.1) is 13.2 Å². The van der Waals surface area contributed by atoms with Gasteiger partial charge >= 0.3 is 6.36 Å². The number of aromatic nitrogens is 2. The molecule has 1 aliphatic heterocycles. The van der Waals surface area contributed by atoms with Gasteiger partial charge in [0.15, 0.2) is 11.4 Å². The summed E-state index contributed by atoms with van der Waals surface area (Å²) in [7, 11) is 0. The third kappa shape index (κ3) is 4.61. The van der Waals surface area contributed by atoms with Crippen LogP contribution in [0.5, 0.6) is 5.75 Å². The second kappa shape index (κ2) is 7.90. The van der Waals surface area contributed by atoms with E-state index in [1.807, 2.05) is 6.07 Å². The van der Waals surface area contributed by atoms with Crippen molar-refractivity contribution in [3.8, 4) is 11.8 Å². The molecule has 0 amide bonds. The summed E-state index contributed by atoms with van der Waals surface area (Å²) in [6.45, 7) is 0.832. The Kier molecular flexibility index (Phi) is 5.56. The molecular weight excluding hydrogens is 377 g/mol. The van der Waals surface area contributed by atoms with E-state index in [9.17, 15) is 28.3 Å². The highest BCUT2D eigenvalue weighted by Gasteiger charge is 2.32. The Hall–Kier alpha value is -3.06. The number of hydrogen-bond donors (Lipinski definition) is 2. The zero-order valence-corrected chi connectivity index (χ0v) is 14.7. The molecule has 0 saturated carbocycles.